The average molecular weight is 322 g/mol. The highest BCUT2D eigenvalue weighted by Gasteiger charge is 2.22. The first-order valence-corrected chi connectivity index (χ1v) is 8.43. The lowest BCUT2D eigenvalue weighted by atomic mass is 9.92. The summed E-state index contributed by atoms with van der Waals surface area (Å²) in [5.74, 6) is 2.54. The van der Waals surface area contributed by atoms with Gasteiger partial charge >= 0.3 is 0 Å². The van der Waals surface area contributed by atoms with Gasteiger partial charge in [-0.05, 0) is 54.0 Å². The molecule has 0 N–H and O–H groups in total. The van der Waals surface area contributed by atoms with Gasteiger partial charge in [0.1, 0.15) is 5.82 Å². The monoisotopic (exact) mass is 322 g/mol. The van der Waals surface area contributed by atoms with Crippen molar-refractivity contribution >= 4 is 16.6 Å². The Kier molecular flexibility index (Phi) is 3.89. The van der Waals surface area contributed by atoms with Crippen molar-refractivity contribution in [1.29, 1.82) is 0 Å². The van der Waals surface area contributed by atoms with Crippen LogP contribution in [-0.2, 0) is 0 Å². The summed E-state index contributed by atoms with van der Waals surface area (Å²) in [7, 11) is 3.34. The summed E-state index contributed by atoms with van der Waals surface area (Å²) in [6.45, 7) is 1.98. The molecular weight excluding hydrogens is 300 g/mol. The highest BCUT2D eigenvalue weighted by atomic mass is 16.5. The second-order valence-corrected chi connectivity index (χ2v) is 6.30. The van der Waals surface area contributed by atoms with Crippen molar-refractivity contribution in [3.63, 3.8) is 0 Å². The number of hydrogen-bond acceptors (Lipinski definition) is 4. The molecule has 24 heavy (non-hydrogen) atoms. The van der Waals surface area contributed by atoms with Gasteiger partial charge in [0.15, 0.2) is 11.5 Å². The summed E-state index contributed by atoms with van der Waals surface area (Å²) in [5.41, 5.74) is 3.08. The van der Waals surface area contributed by atoms with E-state index in [-0.39, 0.29) is 0 Å². The normalized spacial score (nSPS) is 17.2. The van der Waals surface area contributed by atoms with Gasteiger partial charge in [-0.2, -0.15) is 0 Å². The third-order valence-electron chi connectivity index (χ3n) is 4.97. The van der Waals surface area contributed by atoms with Crippen molar-refractivity contribution in [3.05, 3.63) is 47.7 Å². The number of nitrogens with zero attached hydrogens (tertiary/aromatic N) is 2. The highest BCUT2D eigenvalue weighted by molar-refractivity contribution is 5.94. The van der Waals surface area contributed by atoms with Gasteiger partial charge in [0, 0.05) is 24.7 Å². The molecule has 4 nitrogen and oxygen atoms in total. The number of fused-ring (bicyclic) bond motifs is 1. The Hall–Kier alpha value is -2.49. The minimum atomic E-state index is 0.747. The largest absolute Gasteiger partial charge is 0.493 e. The van der Waals surface area contributed by atoms with E-state index in [1.54, 1.807) is 19.8 Å². The Morgan fingerprint density at radius 2 is 1.92 bits per heavy atom. The molecule has 0 bridgehead atoms. The molecule has 0 saturated carbocycles. The van der Waals surface area contributed by atoms with Crippen LogP contribution < -0.4 is 14.4 Å². The third-order valence-corrected chi connectivity index (χ3v) is 4.97. The summed E-state index contributed by atoms with van der Waals surface area (Å²) < 4.78 is 10.9. The first kappa shape index (κ1) is 15.1. The molecule has 0 atom stereocenters. The Labute approximate surface area is 142 Å². The number of hydrogen-bond donors (Lipinski definition) is 0. The zero-order valence-corrected chi connectivity index (χ0v) is 14.2. The molecule has 0 saturated heterocycles. The lowest BCUT2D eigenvalue weighted by Gasteiger charge is -2.33. The summed E-state index contributed by atoms with van der Waals surface area (Å²) in [5, 5.41) is 2.24. The fourth-order valence-electron chi connectivity index (χ4n) is 3.68. The van der Waals surface area contributed by atoms with E-state index in [0.717, 1.165) is 54.0 Å². The van der Waals surface area contributed by atoms with Crippen LogP contribution in [0.4, 0.5) is 5.82 Å². The maximum absolute atomic E-state index is 5.48. The molecule has 1 aliphatic carbocycles. The van der Waals surface area contributed by atoms with E-state index in [2.05, 4.69) is 22.0 Å². The number of aromatic nitrogens is 1. The quantitative estimate of drug-likeness (QED) is 0.852. The van der Waals surface area contributed by atoms with Crippen LogP contribution in [0.15, 0.2) is 47.7 Å². The lowest BCUT2D eigenvalue weighted by molar-refractivity contribution is 0.356. The van der Waals surface area contributed by atoms with Crippen molar-refractivity contribution < 1.29 is 9.47 Å². The zero-order chi connectivity index (χ0) is 16.5. The van der Waals surface area contributed by atoms with E-state index in [1.165, 1.54) is 12.0 Å². The number of allylic oxidation sites excluding steroid dienone is 2. The molecule has 2 aliphatic rings. The lowest BCUT2D eigenvalue weighted by Crippen LogP contribution is -2.32. The van der Waals surface area contributed by atoms with E-state index in [1.807, 2.05) is 24.4 Å². The summed E-state index contributed by atoms with van der Waals surface area (Å²) >= 11 is 0. The topological polar surface area (TPSA) is 34.6 Å². The predicted octanol–water partition coefficient (Wildman–Crippen LogP) is 4.11. The van der Waals surface area contributed by atoms with E-state index in [4.69, 9.17) is 9.47 Å². The first-order valence-electron chi connectivity index (χ1n) is 8.43. The molecule has 0 amide bonds. The number of pyridine rings is 1. The van der Waals surface area contributed by atoms with Gasteiger partial charge < -0.3 is 14.4 Å². The van der Waals surface area contributed by atoms with Gasteiger partial charge in [-0.25, -0.2) is 4.98 Å². The van der Waals surface area contributed by atoms with E-state index in [0.29, 0.717) is 0 Å². The molecule has 1 aromatic carbocycles. The highest BCUT2D eigenvalue weighted by Crippen LogP contribution is 2.37. The molecule has 124 valence electrons. The van der Waals surface area contributed by atoms with Gasteiger partial charge in [-0.1, -0.05) is 12.2 Å². The summed E-state index contributed by atoms with van der Waals surface area (Å²) in [6.07, 6.45) is 9.90. The number of methoxy groups -OCH3 is 2. The summed E-state index contributed by atoms with van der Waals surface area (Å²) in [6, 6.07) is 6.09. The van der Waals surface area contributed by atoms with Crippen molar-refractivity contribution in [2.75, 3.05) is 32.2 Å². The minimum absolute atomic E-state index is 0.747. The van der Waals surface area contributed by atoms with Crippen LogP contribution in [0, 0.1) is 0 Å². The molecule has 0 radical (unpaired) electrons. The second-order valence-electron chi connectivity index (χ2n) is 6.30. The fraction of sp³-hybridized carbons (Fsp3) is 0.350. The van der Waals surface area contributed by atoms with Crippen molar-refractivity contribution in [1.82, 2.24) is 4.98 Å². The SMILES string of the molecule is COc1cc2ccnc(N3CCC4=C(CCC=C4)C3)c2cc1OC. The molecule has 1 aliphatic heterocycles. The van der Waals surface area contributed by atoms with Crippen LogP contribution >= 0.6 is 0 Å². The maximum atomic E-state index is 5.48. The van der Waals surface area contributed by atoms with Crippen LogP contribution in [0.5, 0.6) is 11.5 Å². The molecular formula is C20H22N2O2. The smallest absolute Gasteiger partial charge is 0.161 e. The van der Waals surface area contributed by atoms with Crippen molar-refractivity contribution in [2.45, 2.75) is 19.3 Å². The van der Waals surface area contributed by atoms with Gasteiger partial charge in [-0.15, -0.1) is 0 Å². The Morgan fingerprint density at radius 1 is 1.08 bits per heavy atom. The van der Waals surface area contributed by atoms with Gasteiger partial charge in [0.25, 0.3) is 0 Å². The van der Waals surface area contributed by atoms with E-state index in [9.17, 15) is 0 Å². The van der Waals surface area contributed by atoms with Crippen molar-refractivity contribution in [3.8, 4) is 11.5 Å². The number of ether oxygens (including phenoxy) is 2. The molecule has 0 unspecified atom stereocenters. The standard InChI is InChI=1S/C20H22N2O2/c1-23-18-11-15-7-9-21-20(17(15)12-19(18)24-2)22-10-8-14-5-3-4-6-16(14)13-22/h3,5,7,9,11-12H,4,6,8,10,13H2,1-2H3. The molecule has 1 aromatic heterocycles. The predicted molar refractivity (Wildman–Crippen MR) is 97.1 cm³/mol. The molecule has 0 fully saturated rings. The van der Waals surface area contributed by atoms with E-state index >= 15 is 0 Å². The fourth-order valence-corrected chi connectivity index (χ4v) is 3.68. The van der Waals surface area contributed by atoms with E-state index < -0.39 is 0 Å². The Bertz CT molecular complexity index is 839. The first-order chi connectivity index (χ1) is 11.8. The number of rotatable bonds is 3. The molecule has 0 spiro atoms. The maximum Gasteiger partial charge on any atom is 0.161 e. The van der Waals surface area contributed by atoms with Crippen molar-refractivity contribution in [2.24, 2.45) is 0 Å². The van der Waals surface area contributed by atoms with Crippen LogP contribution in [0.2, 0.25) is 0 Å². The van der Waals surface area contributed by atoms with Crippen LogP contribution in [0.1, 0.15) is 19.3 Å². The van der Waals surface area contributed by atoms with Crippen LogP contribution in [0.25, 0.3) is 10.8 Å². The number of benzene rings is 1. The molecule has 4 heteroatoms. The second kappa shape index (κ2) is 6.19. The van der Waals surface area contributed by atoms with Crippen LogP contribution in [-0.4, -0.2) is 32.3 Å². The zero-order valence-electron chi connectivity index (χ0n) is 14.2. The molecule has 4 rings (SSSR count). The average Bonchev–Trinajstić information content (AvgIpc) is 2.65. The van der Waals surface area contributed by atoms with Gasteiger partial charge in [0.05, 0.1) is 14.2 Å². The molecule has 2 aromatic rings. The molecule has 2 heterocycles. The Balaban J connectivity index is 1.77. The van der Waals surface area contributed by atoms with Crippen LogP contribution in [0.3, 0.4) is 0 Å². The Morgan fingerprint density at radius 3 is 2.75 bits per heavy atom. The third kappa shape index (κ3) is 2.52. The van der Waals surface area contributed by atoms with Gasteiger partial charge in [0.2, 0.25) is 0 Å². The minimum Gasteiger partial charge on any atom is -0.493 e. The summed E-state index contributed by atoms with van der Waals surface area (Å²) in [4.78, 5) is 7.08. The number of anilines is 1. The van der Waals surface area contributed by atoms with Gasteiger partial charge in [-0.3, -0.25) is 0 Å².